The summed E-state index contributed by atoms with van der Waals surface area (Å²) in [7, 11) is 0. The molecule has 1 N–H and O–H groups in total. The molecule has 1 aromatic heterocycles. The Kier molecular flexibility index (Phi) is 5.00. The maximum atomic E-state index is 13.2. The van der Waals surface area contributed by atoms with Gasteiger partial charge in [0.2, 0.25) is 0 Å². The summed E-state index contributed by atoms with van der Waals surface area (Å²) in [6, 6.07) is 36.0. The number of hydrogen-bond acceptors (Lipinski definition) is 4. The van der Waals surface area contributed by atoms with Gasteiger partial charge in [-0.3, -0.25) is 4.79 Å². The van der Waals surface area contributed by atoms with Gasteiger partial charge in [-0.1, -0.05) is 72.8 Å². The van der Waals surface area contributed by atoms with Crippen molar-refractivity contribution >= 4 is 28.1 Å². The number of anilines is 2. The van der Waals surface area contributed by atoms with Crippen LogP contribution in [0, 0.1) is 0 Å². The zero-order chi connectivity index (χ0) is 22.9. The van der Waals surface area contributed by atoms with Crippen molar-refractivity contribution in [2.45, 2.75) is 12.3 Å². The van der Waals surface area contributed by atoms with E-state index in [0.717, 1.165) is 33.7 Å². The Morgan fingerprint density at radius 3 is 2.12 bits per heavy atom. The van der Waals surface area contributed by atoms with Gasteiger partial charge in [-0.2, -0.15) is 5.10 Å². The zero-order valence-electron chi connectivity index (χ0n) is 18.4. The van der Waals surface area contributed by atoms with Crippen LogP contribution in [0.2, 0.25) is 0 Å². The van der Waals surface area contributed by atoms with Crippen LogP contribution in [0.5, 0.6) is 0 Å². The molecule has 0 aliphatic heterocycles. The fourth-order valence-electron chi connectivity index (χ4n) is 4.59. The minimum Gasteiger partial charge on any atom is -0.319 e. The highest BCUT2D eigenvalue weighted by atomic mass is 16.1. The predicted molar refractivity (Wildman–Crippen MR) is 137 cm³/mol. The second kappa shape index (κ2) is 8.45. The van der Waals surface area contributed by atoms with E-state index < -0.39 is 0 Å². The SMILES string of the molecule is O=c1[nH]c2ccccc2nc1C1Cc2ccccc2/C1=N\N(c1ccccc1)c1ccccc1. The Hall–Kier alpha value is -4.51. The van der Waals surface area contributed by atoms with E-state index >= 15 is 0 Å². The highest BCUT2D eigenvalue weighted by molar-refractivity contribution is 6.09. The molecule has 0 radical (unpaired) electrons. The van der Waals surface area contributed by atoms with E-state index in [1.54, 1.807) is 0 Å². The smallest absolute Gasteiger partial charge is 0.270 e. The molecule has 1 heterocycles. The summed E-state index contributed by atoms with van der Waals surface area (Å²) in [5.41, 5.74) is 6.80. The first-order valence-corrected chi connectivity index (χ1v) is 11.3. The van der Waals surface area contributed by atoms with Gasteiger partial charge in [-0.05, 0) is 48.4 Å². The molecule has 34 heavy (non-hydrogen) atoms. The van der Waals surface area contributed by atoms with Crippen molar-refractivity contribution in [3.63, 3.8) is 0 Å². The number of hydrogen-bond donors (Lipinski definition) is 1. The third kappa shape index (κ3) is 3.57. The van der Waals surface area contributed by atoms with Crippen LogP contribution in [0.4, 0.5) is 11.4 Å². The second-order valence-corrected chi connectivity index (χ2v) is 8.35. The second-order valence-electron chi connectivity index (χ2n) is 8.35. The first kappa shape index (κ1) is 20.1. The largest absolute Gasteiger partial charge is 0.319 e. The number of fused-ring (bicyclic) bond motifs is 2. The third-order valence-electron chi connectivity index (χ3n) is 6.21. The summed E-state index contributed by atoms with van der Waals surface area (Å²) in [6.07, 6.45) is 0.681. The standard InChI is InChI=1S/C29H22N4O/c34-29-28(30-25-17-9-10-18-26(25)31-29)24-19-20-11-7-8-16-23(20)27(24)32-33(21-12-3-1-4-13-21)22-14-5-2-6-15-22/h1-18,24H,19H2,(H,31,34)/b32-27+. The minimum absolute atomic E-state index is 0.171. The van der Waals surface area contributed by atoms with Gasteiger partial charge < -0.3 is 4.98 Å². The molecule has 0 saturated carbocycles. The van der Waals surface area contributed by atoms with Gasteiger partial charge in [0.25, 0.3) is 5.56 Å². The van der Waals surface area contributed by atoms with Crippen LogP contribution in [0.3, 0.4) is 0 Å². The van der Waals surface area contributed by atoms with Crippen LogP contribution >= 0.6 is 0 Å². The van der Waals surface area contributed by atoms with Gasteiger partial charge in [-0.15, -0.1) is 0 Å². The summed E-state index contributed by atoms with van der Waals surface area (Å²) in [6.45, 7) is 0. The van der Waals surface area contributed by atoms with Gasteiger partial charge in [-0.25, -0.2) is 9.99 Å². The molecule has 1 aliphatic carbocycles. The van der Waals surface area contributed by atoms with Crippen LogP contribution < -0.4 is 10.6 Å². The van der Waals surface area contributed by atoms with Crippen molar-refractivity contribution in [1.29, 1.82) is 0 Å². The van der Waals surface area contributed by atoms with Crippen molar-refractivity contribution in [3.05, 3.63) is 136 Å². The normalized spacial score (nSPS) is 16.0. The summed E-state index contributed by atoms with van der Waals surface area (Å²) in [5, 5.41) is 7.14. The van der Waals surface area contributed by atoms with Crippen LogP contribution in [0.15, 0.2) is 119 Å². The average molecular weight is 443 g/mol. The number of H-pyrrole nitrogens is 1. The van der Waals surface area contributed by atoms with Crippen molar-refractivity contribution in [3.8, 4) is 0 Å². The lowest BCUT2D eigenvalue weighted by Gasteiger charge is -2.22. The molecule has 6 rings (SSSR count). The molecule has 0 bridgehead atoms. The number of nitrogens with one attached hydrogen (secondary N) is 1. The first-order chi connectivity index (χ1) is 16.8. The average Bonchev–Trinajstić information content (AvgIpc) is 3.26. The Balaban J connectivity index is 1.56. The summed E-state index contributed by atoms with van der Waals surface area (Å²) < 4.78 is 0. The van der Waals surface area contributed by atoms with E-state index in [1.165, 1.54) is 5.56 Å². The Labute approximate surface area is 197 Å². The molecule has 0 amide bonds. The van der Waals surface area contributed by atoms with Crippen molar-refractivity contribution in [2.24, 2.45) is 5.10 Å². The molecule has 1 aliphatic rings. The molecule has 0 spiro atoms. The lowest BCUT2D eigenvalue weighted by atomic mass is 10.00. The zero-order valence-corrected chi connectivity index (χ0v) is 18.4. The molecule has 5 nitrogen and oxygen atoms in total. The highest BCUT2D eigenvalue weighted by Gasteiger charge is 2.33. The molecule has 0 fully saturated rings. The number of aromatic amines is 1. The van der Waals surface area contributed by atoms with E-state index in [1.807, 2.05) is 102 Å². The molecular weight excluding hydrogens is 420 g/mol. The maximum absolute atomic E-state index is 13.2. The molecule has 164 valence electrons. The Bertz CT molecular complexity index is 1520. The summed E-state index contributed by atoms with van der Waals surface area (Å²) in [5.74, 6) is -0.249. The lowest BCUT2D eigenvalue weighted by molar-refractivity contribution is 0.847. The topological polar surface area (TPSA) is 61.4 Å². The van der Waals surface area contributed by atoms with Crippen molar-refractivity contribution < 1.29 is 0 Å². The molecule has 1 atom stereocenters. The van der Waals surface area contributed by atoms with E-state index in [9.17, 15) is 4.79 Å². The number of aromatic nitrogens is 2. The van der Waals surface area contributed by atoms with E-state index in [0.29, 0.717) is 12.1 Å². The number of nitrogens with zero attached hydrogens (tertiary/aromatic N) is 3. The van der Waals surface area contributed by atoms with Crippen LogP contribution in [-0.2, 0) is 6.42 Å². The number of rotatable bonds is 4. The van der Waals surface area contributed by atoms with Gasteiger partial charge >= 0.3 is 0 Å². The molecule has 4 aromatic carbocycles. The third-order valence-corrected chi connectivity index (χ3v) is 6.21. The molecule has 0 saturated heterocycles. The number of para-hydroxylation sites is 4. The number of benzene rings is 4. The molecule has 1 unspecified atom stereocenters. The lowest BCUT2D eigenvalue weighted by Crippen LogP contribution is -2.24. The van der Waals surface area contributed by atoms with Gasteiger partial charge in [0.15, 0.2) is 0 Å². The Morgan fingerprint density at radius 2 is 1.38 bits per heavy atom. The van der Waals surface area contributed by atoms with E-state index in [4.69, 9.17) is 10.1 Å². The Morgan fingerprint density at radius 1 is 0.765 bits per heavy atom. The predicted octanol–water partition coefficient (Wildman–Crippen LogP) is 5.81. The highest BCUT2D eigenvalue weighted by Crippen LogP contribution is 2.35. The maximum Gasteiger partial charge on any atom is 0.270 e. The fourth-order valence-corrected chi connectivity index (χ4v) is 4.59. The molecule has 5 heteroatoms. The van der Waals surface area contributed by atoms with Gasteiger partial charge in [0.1, 0.15) is 5.69 Å². The van der Waals surface area contributed by atoms with Gasteiger partial charge in [0, 0.05) is 5.56 Å². The van der Waals surface area contributed by atoms with Crippen molar-refractivity contribution in [1.82, 2.24) is 9.97 Å². The van der Waals surface area contributed by atoms with Gasteiger partial charge in [0.05, 0.1) is 34.0 Å². The van der Waals surface area contributed by atoms with Crippen LogP contribution in [-0.4, -0.2) is 15.7 Å². The molecule has 5 aromatic rings. The quantitative estimate of drug-likeness (QED) is 0.358. The first-order valence-electron chi connectivity index (χ1n) is 11.3. The minimum atomic E-state index is -0.249. The summed E-state index contributed by atoms with van der Waals surface area (Å²) >= 11 is 0. The summed E-state index contributed by atoms with van der Waals surface area (Å²) in [4.78, 5) is 21.0. The van der Waals surface area contributed by atoms with Crippen molar-refractivity contribution in [2.75, 3.05) is 5.01 Å². The van der Waals surface area contributed by atoms with E-state index in [2.05, 4.69) is 17.1 Å². The fraction of sp³-hybridized carbons (Fsp3) is 0.0690. The van der Waals surface area contributed by atoms with E-state index in [-0.39, 0.29) is 11.5 Å². The van der Waals surface area contributed by atoms with Crippen LogP contribution in [0.25, 0.3) is 11.0 Å². The van der Waals surface area contributed by atoms with Crippen LogP contribution in [0.1, 0.15) is 22.7 Å². The monoisotopic (exact) mass is 442 g/mol. The number of hydrazone groups is 1. The molecular formula is C29H22N4O.